The number of hydrogen-bond acceptors (Lipinski definition) is 4. The molecule has 2 heterocycles. The lowest BCUT2D eigenvalue weighted by Gasteiger charge is -2.33. The van der Waals surface area contributed by atoms with Gasteiger partial charge in [0.25, 0.3) is 0 Å². The molecule has 1 fully saturated rings. The fraction of sp³-hybridized carbons (Fsp3) is 0.722. The molecule has 0 radical (unpaired) electrons. The van der Waals surface area contributed by atoms with Gasteiger partial charge in [0.1, 0.15) is 5.82 Å². The molecule has 8 heteroatoms. The molecule has 1 aliphatic rings. The van der Waals surface area contributed by atoms with Crippen molar-refractivity contribution in [3.05, 3.63) is 18.2 Å². The first-order chi connectivity index (χ1) is 12.0. The number of aromatic nitrogens is 2. The van der Waals surface area contributed by atoms with E-state index in [-0.39, 0.29) is 35.9 Å². The molecule has 0 aliphatic carbocycles. The number of halogens is 1. The summed E-state index contributed by atoms with van der Waals surface area (Å²) in [6.07, 6.45) is 5.69. The number of piperidine rings is 1. The van der Waals surface area contributed by atoms with E-state index >= 15 is 0 Å². The minimum Gasteiger partial charge on any atom is -0.466 e. The number of aliphatic imine (C=N–C) groups is 1. The smallest absolute Gasteiger partial charge is 0.310 e. The van der Waals surface area contributed by atoms with Gasteiger partial charge in [-0.05, 0) is 25.7 Å². The van der Waals surface area contributed by atoms with Crippen LogP contribution in [-0.2, 0) is 22.6 Å². The average Bonchev–Trinajstić information content (AvgIpc) is 3.02. The third kappa shape index (κ3) is 6.44. The van der Waals surface area contributed by atoms with Crippen LogP contribution in [0.4, 0.5) is 0 Å². The summed E-state index contributed by atoms with van der Waals surface area (Å²) in [5, 5.41) is 3.39. The standard InChI is InChI=1S/C18H31N5O2.HI/c1-5-25-17(24)15-7-6-9-23(13-15)18(19-4)21-11-16-20-8-10-22(16)12-14(2)3;/h8,10,14-15H,5-7,9,11-13H2,1-4H3,(H,19,21);1H. The van der Waals surface area contributed by atoms with Gasteiger partial charge in [0.15, 0.2) is 5.96 Å². The van der Waals surface area contributed by atoms with Crippen molar-refractivity contribution in [3.63, 3.8) is 0 Å². The van der Waals surface area contributed by atoms with Crippen molar-refractivity contribution in [2.45, 2.75) is 46.7 Å². The first-order valence-corrected chi connectivity index (χ1v) is 9.17. The second kappa shape index (κ2) is 11.4. The number of rotatable bonds is 6. The summed E-state index contributed by atoms with van der Waals surface area (Å²) < 4.78 is 7.34. The van der Waals surface area contributed by atoms with Crippen LogP contribution in [-0.4, -0.2) is 53.1 Å². The molecule has 1 aromatic rings. The summed E-state index contributed by atoms with van der Waals surface area (Å²) in [6.45, 7) is 9.78. The van der Waals surface area contributed by atoms with Crippen molar-refractivity contribution >= 4 is 35.9 Å². The van der Waals surface area contributed by atoms with E-state index in [1.54, 1.807) is 7.05 Å². The van der Waals surface area contributed by atoms with Crippen molar-refractivity contribution in [1.82, 2.24) is 19.8 Å². The Balaban J connectivity index is 0.00000338. The number of likely N-dealkylation sites (tertiary alicyclic amines) is 1. The number of carbonyl (C=O) groups excluding carboxylic acids is 1. The van der Waals surface area contributed by atoms with Crippen LogP contribution in [0.1, 0.15) is 39.4 Å². The third-order valence-electron chi connectivity index (χ3n) is 4.32. The summed E-state index contributed by atoms with van der Waals surface area (Å²) in [5.74, 6) is 2.20. The van der Waals surface area contributed by atoms with Crippen LogP contribution in [0.25, 0.3) is 0 Å². The predicted octanol–water partition coefficient (Wildman–Crippen LogP) is 2.51. The Labute approximate surface area is 173 Å². The number of nitrogens with zero attached hydrogens (tertiary/aromatic N) is 4. The Hall–Kier alpha value is -1.32. The van der Waals surface area contributed by atoms with E-state index < -0.39 is 0 Å². The molecule has 1 aromatic heterocycles. The Morgan fingerprint density at radius 1 is 1.50 bits per heavy atom. The van der Waals surface area contributed by atoms with E-state index in [0.29, 0.717) is 25.6 Å². The molecule has 0 spiro atoms. The number of nitrogens with one attached hydrogen (secondary N) is 1. The summed E-state index contributed by atoms with van der Waals surface area (Å²) in [4.78, 5) is 23.0. The van der Waals surface area contributed by atoms with Crippen LogP contribution in [0.2, 0.25) is 0 Å². The highest BCUT2D eigenvalue weighted by molar-refractivity contribution is 14.0. The van der Waals surface area contributed by atoms with Crippen LogP contribution >= 0.6 is 24.0 Å². The summed E-state index contributed by atoms with van der Waals surface area (Å²) >= 11 is 0. The highest BCUT2D eigenvalue weighted by atomic mass is 127. The van der Waals surface area contributed by atoms with E-state index in [2.05, 4.69) is 38.6 Å². The first kappa shape index (κ1) is 22.7. The zero-order valence-corrected chi connectivity index (χ0v) is 18.6. The summed E-state index contributed by atoms with van der Waals surface area (Å²) in [6, 6.07) is 0. The number of imidazole rings is 1. The molecule has 0 aromatic carbocycles. The van der Waals surface area contributed by atoms with Crippen LogP contribution in [0.3, 0.4) is 0 Å². The van der Waals surface area contributed by atoms with Gasteiger partial charge in [-0.3, -0.25) is 9.79 Å². The number of guanidine groups is 1. The quantitative estimate of drug-likeness (QED) is 0.295. The van der Waals surface area contributed by atoms with E-state index in [4.69, 9.17) is 4.74 Å². The first-order valence-electron chi connectivity index (χ1n) is 9.17. The van der Waals surface area contributed by atoms with Gasteiger partial charge >= 0.3 is 5.97 Å². The Morgan fingerprint density at radius 2 is 2.27 bits per heavy atom. The van der Waals surface area contributed by atoms with Crippen molar-refractivity contribution < 1.29 is 9.53 Å². The third-order valence-corrected chi connectivity index (χ3v) is 4.32. The highest BCUT2D eigenvalue weighted by Crippen LogP contribution is 2.18. The van der Waals surface area contributed by atoms with Gasteiger partial charge < -0.3 is 19.5 Å². The minimum absolute atomic E-state index is 0. The van der Waals surface area contributed by atoms with Crippen LogP contribution in [0.5, 0.6) is 0 Å². The van der Waals surface area contributed by atoms with Gasteiger partial charge in [-0.15, -0.1) is 24.0 Å². The lowest BCUT2D eigenvalue weighted by Crippen LogP contribution is -2.48. The topological polar surface area (TPSA) is 71.8 Å². The van der Waals surface area contributed by atoms with Crippen LogP contribution in [0, 0.1) is 11.8 Å². The average molecular weight is 477 g/mol. The highest BCUT2D eigenvalue weighted by Gasteiger charge is 2.28. The van der Waals surface area contributed by atoms with Gasteiger partial charge in [-0.2, -0.15) is 0 Å². The molecule has 0 saturated carbocycles. The van der Waals surface area contributed by atoms with Gasteiger partial charge in [0, 0.05) is 39.1 Å². The van der Waals surface area contributed by atoms with E-state index in [9.17, 15) is 4.79 Å². The van der Waals surface area contributed by atoms with E-state index in [1.165, 1.54) is 0 Å². The van der Waals surface area contributed by atoms with Crippen molar-refractivity contribution in [2.24, 2.45) is 16.8 Å². The van der Waals surface area contributed by atoms with E-state index in [1.807, 2.05) is 19.3 Å². The van der Waals surface area contributed by atoms with Gasteiger partial charge in [0.2, 0.25) is 0 Å². The Bertz CT molecular complexity index is 588. The zero-order valence-electron chi connectivity index (χ0n) is 16.3. The lowest BCUT2D eigenvalue weighted by atomic mass is 9.98. The van der Waals surface area contributed by atoms with Gasteiger partial charge in [-0.1, -0.05) is 13.8 Å². The zero-order chi connectivity index (χ0) is 18.2. The predicted molar refractivity (Wildman–Crippen MR) is 114 cm³/mol. The number of hydrogen-bond donors (Lipinski definition) is 1. The molecule has 1 saturated heterocycles. The Morgan fingerprint density at radius 3 is 2.92 bits per heavy atom. The molecule has 26 heavy (non-hydrogen) atoms. The van der Waals surface area contributed by atoms with Gasteiger partial charge in [0.05, 0.1) is 19.1 Å². The molecular weight excluding hydrogens is 445 g/mol. The molecular formula is C18H32IN5O2. The molecule has 1 N–H and O–H groups in total. The number of carbonyl (C=O) groups is 1. The lowest BCUT2D eigenvalue weighted by molar-refractivity contribution is -0.149. The molecule has 1 unspecified atom stereocenters. The molecule has 7 nitrogen and oxygen atoms in total. The molecule has 0 bridgehead atoms. The summed E-state index contributed by atoms with van der Waals surface area (Å²) in [5.41, 5.74) is 0. The normalized spacial score (nSPS) is 17.8. The number of esters is 1. The maximum absolute atomic E-state index is 12.0. The number of ether oxygens (including phenoxy) is 1. The maximum atomic E-state index is 12.0. The monoisotopic (exact) mass is 477 g/mol. The fourth-order valence-electron chi connectivity index (χ4n) is 3.18. The minimum atomic E-state index is -0.102. The molecule has 0 amide bonds. The molecule has 1 aliphatic heterocycles. The van der Waals surface area contributed by atoms with Crippen LogP contribution < -0.4 is 5.32 Å². The van der Waals surface area contributed by atoms with Gasteiger partial charge in [-0.25, -0.2) is 4.98 Å². The Kier molecular flexibility index (Phi) is 9.97. The second-order valence-electron chi connectivity index (χ2n) is 6.83. The molecule has 2 rings (SSSR count). The van der Waals surface area contributed by atoms with E-state index in [0.717, 1.165) is 37.7 Å². The van der Waals surface area contributed by atoms with Crippen molar-refractivity contribution in [1.29, 1.82) is 0 Å². The SMILES string of the molecule is CCOC(=O)C1CCCN(C(=NC)NCc2nccn2CC(C)C)C1.I. The van der Waals surface area contributed by atoms with Crippen LogP contribution in [0.15, 0.2) is 17.4 Å². The largest absolute Gasteiger partial charge is 0.466 e. The van der Waals surface area contributed by atoms with Crippen molar-refractivity contribution in [2.75, 3.05) is 26.7 Å². The maximum Gasteiger partial charge on any atom is 0.310 e. The molecule has 148 valence electrons. The second-order valence-corrected chi connectivity index (χ2v) is 6.83. The molecule has 1 atom stereocenters. The fourth-order valence-corrected chi connectivity index (χ4v) is 3.18. The van der Waals surface area contributed by atoms with Crippen molar-refractivity contribution in [3.8, 4) is 0 Å². The summed E-state index contributed by atoms with van der Waals surface area (Å²) in [7, 11) is 1.77.